The highest BCUT2D eigenvalue weighted by molar-refractivity contribution is 6.44. The lowest BCUT2D eigenvalue weighted by Crippen LogP contribution is -2.37. The van der Waals surface area contributed by atoms with Crippen molar-refractivity contribution in [1.82, 2.24) is 14.7 Å². The molecule has 0 aliphatic carbocycles. The van der Waals surface area contributed by atoms with E-state index in [0.29, 0.717) is 16.4 Å². The molecule has 2 aromatic rings. The lowest BCUT2D eigenvalue weighted by molar-refractivity contribution is 0.0714. The second-order valence-electron chi connectivity index (χ2n) is 5.94. The molecule has 0 spiro atoms. The number of carbonyl (C=O) groups excluding carboxylic acids is 2. The molecule has 3 rings (SSSR count). The number of nitrogens with one attached hydrogen (secondary N) is 1. The maximum atomic E-state index is 12.8. The van der Waals surface area contributed by atoms with Gasteiger partial charge in [0.25, 0.3) is 11.8 Å². The number of hydrogen-bond donors (Lipinski definition) is 1. The molecule has 2 heterocycles. The van der Waals surface area contributed by atoms with Gasteiger partial charge in [0.15, 0.2) is 0 Å². The molecule has 0 radical (unpaired) electrons. The number of anilines is 1. The number of aryl methyl sites for hydroxylation is 1. The molecule has 1 fully saturated rings. The number of benzene rings is 1. The molecular formula is C17H18Cl2N4O2. The summed E-state index contributed by atoms with van der Waals surface area (Å²) in [5.74, 6) is -0.569. The molecule has 1 aromatic carbocycles. The summed E-state index contributed by atoms with van der Waals surface area (Å²) < 4.78 is 1.48. The van der Waals surface area contributed by atoms with Crippen LogP contribution in [0.4, 0.5) is 5.69 Å². The van der Waals surface area contributed by atoms with E-state index in [2.05, 4.69) is 10.4 Å². The van der Waals surface area contributed by atoms with Crippen molar-refractivity contribution >= 4 is 40.7 Å². The fraction of sp³-hybridized carbons (Fsp3) is 0.353. The number of halogens is 2. The van der Waals surface area contributed by atoms with Gasteiger partial charge in [-0.1, -0.05) is 29.3 Å². The standard InChI is InChI=1S/C17H18Cl2N4O2/c1-22-15(17(25)23-8-3-2-4-9-23)13(10-20-22)21-16(24)11-6-5-7-12(18)14(11)19/h5-7,10H,2-4,8-9H2,1H3,(H,21,24). The largest absolute Gasteiger partial charge is 0.337 e. The van der Waals surface area contributed by atoms with Crippen molar-refractivity contribution in [2.75, 3.05) is 18.4 Å². The topological polar surface area (TPSA) is 67.2 Å². The highest BCUT2D eigenvalue weighted by atomic mass is 35.5. The van der Waals surface area contributed by atoms with Gasteiger partial charge in [0.2, 0.25) is 0 Å². The second kappa shape index (κ2) is 7.45. The fourth-order valence-electron chi connectivity index (χ4n) is 2.90. The van der Waals surface area contributed by atoms with Crippen molar-refractivity contribution in [3.05, 3.63) is 45.7 Å². The monoisotopic (exact) mass is 380 g/mol. The summed E-state index contributed by atoms with van der Waals surface area (Å²) in [5.41, 5.74) is 0.960. The Labute approximate surface area is 155 Å². The molecule has 1 N–H and O–H groups in total. The van der Waals surface area contributed by atoms with Gasteiger partial charge < -0.3 is 10.2 Å². The van der Waals surface area contributed by atoms with Crippen molar-refractivity contribution < 1.29 is 9.59 Å². The van der Waals surface area contributed by atoms with E-state index in [1.807, 2.05) is 0 Å². The normalized spacial score (nSPS) is 14.4. The summed E-state index contributed by atoms with van der Waals surface area (Å²) in [4.78, 5) is 27.1. The molecule has 1 aliphatic rings. The number of carbonyl (C=O) groups is 2. The second-order valence-corrected chi connectivity index (χ2v) is 6.72. The molecule has 8 heteroatoms. The summed E-state index contributed by atoms with van der Waals surface area (Å²) in [6, 6.07) is 4.83. The smallest absolute Gasteiger partial charge is 0.274 e. The average Bonchev–Trinajstić information content (AvgIpc) is 2.97. The number of piperidine rings is 1. The average molecular weight is 381 g/mol. The first kappa shape index (κ1) is 17.8. The van der Waals surface area contributed by atoms with E-state index in [4.69, 9.17) is 23.2 Å². The molecule has 2 amide bonds. The third-order valence-electron chi connectivity index (χ3n) is 4.23. The lowest BCUT2D eigenvalue weighted by atomic mass is 10.1. The zero-order valence-electron chi connectivity index (χ0n) is 13.8. The predicted octanol–water partition coefficient (Wildman–Crippen LogP) is 3.61. The molecule has 1 saturated heterocycles. The number of amides is 2. The minimum atomic E-state index is -0.437. The fourth-order valence-corrected chi connectivity index (χ4v) is 3.28. The predicted molar refractivity (Wildman–Crippen MR) is 97.4 cm³/mol. The van der Waals surface area contributed by atoms with Crippen LogP contribution in [0.25, 0.3) is 0 Å². The van der Waals surface area contributed by atoms with Crippen LogP contribution < -0.4 is 5.32 Å². The van der Waals surface area contributed by atoms with E-state index in [9.17, 15) is 9.59 Å². The zero-order chi connectivity index (χ0) is 18.0. The quantitative estimate of drug-likeness (QED) is 0.884. The molecule has 0 atom stereocenters. The van der Waals surface area contributed by atoms with Gasteiger partial charge >= 0.3 is 0 Å². The highest BCUT2D eigenvalue weighted by Gasteiger charge is 2.25. The number of nitrogens with zero attached hydrogens (tertiary/aromatic N) is 3. The zero-order valence-corrected chi connectivity index (χ0v) is 15.3. The first-order valence-electron chi connectivity index (χ1n) is 8.05. The molecule has 0 bridgehead atoms. The first-order valence-corrected chi connectivity index (χ1v) is 8.81. The molecule has 25 heavy (non-hydrogen) atoms. The summed E-state index contributed by atoms with van der Waals surface area (Å²) in [6.07, 6.45) is 4.58. The van der Waals surface area contributed by atoms with Crippen LogP contribution in [0, 0.1) is 0 Å². The van der Waals surface area contributed by atoms with E-state index < -0.39 is 5.91 Å². The van der Waals surface area contributed by atoms with Crippen molar-refractivity contribution in [1.29, 1.82) is 0 Å². The Bertz CT molecular complexity index is 813. The maximum absolute atomic E-state index is 12.8. The van der Waals surface area contributed by atoms with Crippen LogP contribution in [0.15, 0.2) is 24.4 Å². The molecule has 1 aliphatic heterocycles. The summed E-state index contributed by atoms with van der Waals surface area (Å²) in [5, 5.41) is 7.31. The van der Waals surface area contributed by atoms with Crippen molar-refractivity contribution in [2.45, 2.75) is 19.3 Å². The summed E-state index contributed by atoms with van der Waals surface area (Å²) in [7, 11) is 1.68. The van der Waals surface area contributed by atoms with E-state index in [-0.39, 0.29) is 16.5 Å². The Kier molecular flexibility index (Phi) is 5.30. The van der Waals surface area contributed by atoms with Crippen LogP contribution >= 0.6 is 23.2 Å². The number of rotatable bonds is 3. The van der Waals surface area contributed by atoms with Gasteiger partial charge in [-0.2, -0.15) is 5.10 Å². The van der Waals surface area contributed by atoms with Gasteiger partial charge in [-0.3, -0.25) is 14.3 Å². The minimum Gasteiger partial charge on any atom is -0.337 e. The van der Waals surface area contributed by atoms with E-state index in [0.717, 1.165) is 32.4 Å². The summed E-state index contributed by atoms with van der Waals surface area (Å²) >= 11 is 12.1. The van der Waals surface area contributed by atoms with Crippen LogP contribution in [-0.2, 0) is 7.05 Å². The molecular weight excluding hydrogens is 363 g/mol. The molecule has 0 unspecified atom stereocenters. The highest BCUT2D eigenvalue weighted by Crippen LogP contribution is 2.27. The SMILES string of the molecule is Cn1ncc(NC(=O)c2cccc(Cl)c2Cl)c1C(=O)N1CCCCC1. The number of hydrogen-bond acceptors (Lipinski definition) is 3. The van der Waals surface area contributed by atoms with E-state index >= 15 is 0 Å². The third-order valence-corrected chi connectivity index (χ3v) is 5.05. The Morgan fingerprint density at radius 2 is 1.88 bits per heavy atom. The Morgan fingerprint density at radius 1 is 1.16 bits per heavy atom. The van der Waals surface area contributed by atoms with Crippen LogP contribution in [0.2, 0.25) is 10.0 Å². The van der Waals surface area contributed by atoms with Gasteiger partial charge in [-0.05, 0) is 31.4 Å². The van der Waals surface area contributed by atoms with Gasteiger partial charge in [0, 0.05) is 20.1 Å². The van der Waals surface area contributed by atoms with Gasteiger partial charge in [0.1, 0.15) is 5.69 Å². The molecule has 132 valence electrons. The first-order chi connectivity index (χ1) is 12.0. The van der Waals surface area contributed by atoms with Gasteiger partial charge in [0.05, 0.1) is 27.5 Å². The Hall–Kier alpha value is -2.05. The molecule has 6 nitrogen and oxygen atoms in total. The van der Waals surface area contributed by atoms with Crippen LogP contribution in [0.1, 0.15) is 40.1 Å². The van der Waals surface area contributed by atoms with E-state index in [1.54, 1.807) is 30.1 Å². The Balaban J connectivity index is 1.85. The van der Waals surface area contributed by atoms with Crippen molar-refractivity contribution in [3.8, 4) is 0 Å². The number of aromatic nitrogens is 2. The van der Waals surface area contributed by atoms with Crippen LogP contribution in [0.5, 0.6) is 0 Å². The molecule has 0 saturated carbocycles. The van der Waals surface area contributed by atoms with Crippen molar-refractivity contribution in [3.63, 3.8) is 0 Å². The van der Waals surface area contributed by atoms with Crippen LogP contribution in [0.3, 0.4) is 0 Å². The number of likely N-dealkylation sites (tertiary alicyclic amines) is 1. The third kappa shape index (κ3) is 3.65. The summed E-state index contributed by atoms with van der Waals surface area (Å²) in [6.45, 7) is 1.44. The van der Waals surface area contributed by atoms with Gasteiger partial charge in [-0.15, -0.1) is 0 Å². The van der Waals surface area contributed by atoms with Gasteiger partial charge in [-0.25, -0.2) is 0 Å². The maximum Gasteiger partial charge on any atom is 0.274 e. The molecule has 1 aromatic heterocycles. The van der Waals surface area contributed by atoms with Crippen molar-refractivity contribution in [2.24, 2.45) is 7.05 Å². The lowest BCUT2D eigenvalue weighted by Gasteiger charge is -2.27. The van der Waals surface area contributed by atoms with Crippen LogP contribution in [-0.4, -0.2) is 39.6 Å². The van der Waals surface area contributed by atoms with E-state index in [1.165, 1.54) is 10.9 Å². The minimum absolute atomic E-state index is 0.132. The Morgan fingerprint density at radius 3 is 2.60 bits per heavy atom.